The van der Waals surface area contributed by atoms with Gasteiger partial charge in [0.1, 0.15) is 0 Å². The second kappa shape index (κ2) is 3.10. The van der Waals surface area contributed by atoms with E-state index in [1.54, 1.807) is 6.92 Å². The summed E-state index contributed by atoms with van der Waals surface area (Å²) in [4.78, 5) is 0. The molecule has 0 fully saturated rings. The molecule has 0 heterocycles. The zero-order valence-electron chi connectivity index (χ0n) is 4.47. The molecule has 0 aromatic heterocycles. The second-order valence-corrected chi connectivity index (χ2v) is 1.12. The topological polar surface area (TPSA) is 23.9 Å². The normalized spacial score (nSPS) is 24.2. The van der Waals surface area contributed by atoms with E-state index in [4.69, 9.17) is 2.78 Å². The molecule has 0 saturated carbocycles. The average Bonchev–Trinajstić information content (AvgIpc) is 1.35. The van der Waals surface area contributed by atoms with Gasteiger partial charge in [-0.1, -0.05) is 6.92 Å². The van der Waals surface area contributed by atoms with Crippen molar-refractivity contribution in [2.75, 3.05) is 6.14 Å². The van der Waals surface area contributed by atoms with Crippen molar-refractivity contribution in [2.24, 2.45) is 0 Å². The summed E-state index contributed by atoms with van der Waals surface area (Å²) >= 11 is 0. The SMILES string of the molecule is [2H]N=PC([3H])C. The van der Waals surface area contributed by atoms with E-state index >= 15 is 0 Å². The summed E-state index contributed by atoms with van der Waals surface area (Å²) in [5.74, 6) is 0. The third-order valence-corrected chi connectivity index (χ3v) is 0.346. The van der Waals surface area contributed by atoms with Gasteiger partial charge < -0.3 is 0 Å². The van der Waals surface area contributed by atoms with Crippen molar-refractivity contribution < 1.29 is 2.78 Å². The van der Waals surface area contributed by atoms with Crippen LogP contribution in [0, 0.1) is 5.15 Å². The highest BCUT2D eigenvalue weighted by Gasteiger charge is 1.49. The molecule has 1 unspecified atom stereocenters. The summed E-state index contributed by atoms with van der Waals surface area (Å²) in [5.41, 5.74) is 0. The lowest BCUT2D eigenvalue weighted by atomic mass is 11.0. The molecule has 0 radical (unpaired) electrons. The van der Waals surface area contributed by atoms with Crippen LogP contribution in [0.2, 0.25) is 1.41 Å². The quantitative estimate of drug-likeness (QED) is 0.462. The summed E-state index contributed by atoms with van der Waals surface area (Å²) in [6, 6.07) is 0. The van der Waals surface area contributed by atoms with E-state index in [0.29, 0.717) is 8.37 Å². The maximum Gasteiger partial charge on any atom is 0.192 e. The van der Waals surface area contributed by atoms with E-state index in [-0.39, 0.29) is 6.14 Å². The van der Waals surface area contributed by atoms with Gasteiger partial charge in [-0.15, -0.1) is 0 Å². The third kappa shape index (κ3) is 2.10. The van der Waals surface area contributed by atoms with Crippen LogP contribution in [-0.4, -0.2) is 6.14 Å². The summed E-state index contributed by atoms with van der Waals surface area (Å²) < 4.78 is 13.0. The first-order valence-electron chi connectivity index (χ1n) is 2.06. The largest absolute Gasteiger partial charge is 0.284 e. The Morgan fingerprint density at radius 3 is 3.75 bits per heavy atom. The predicted octanol–water partition coefficient (Wildman–Crippen LogP) is 1.71. The molecule has 0 aliphatic heterocycles. The lowest BCUT2D eigenvalue weighted by Gasteiger charge is -1.54. The van der Waals surface area contributed by atoms with Crippen molar-refractivity contribution >= 4 is 8.37 Å². The summed E-state index contributed by atoms with van der Waals surface area (Å²) in [5, 5.41) is 2.97. The highest BCUT2D eigenvalue weighted by atomic mass is 31.1. The van der Waals surface area contributed by atoms with Crippen molar-refractivity contribution in [1.29, 1.82) is 5.15 Å². The van der Waals surface area contributed by atoms with Gasteiger partial charge in [-0.25, -0.2) is 0 Å². The second-order valence-electron chi connectivity index (χ2n) is 0.374. The summed E-state index contributed by atoms with van der Waals surface area (Å²) in [7, 11) is 0.537. The Morgan fingerprint density at radius 2 is 3.75 bits per heavy atom. The van der Waals surface area contributed by atoms with Gasteiger partial charge in [0.05, 0.1) is 0 Å². The van der Waals surface area contributed by atoms with Crippen LogP contribution in [0.25, 0.3) is 0 Å². The maximum absolute atomic E-state index is 6.75. The molecule has 0 aliphatic carbocycles. The van der Waals surface area contributed by atoms with Gasteiger partial charge >= 0.3 is 0 Å². The standard InChI is InChI=1S/C2H6NP/c1-2-4-3/h3H,2H2,1H3/i2T/hD. The molecule has 1 nitrogen and oxygen atoms in total. The first-order valence-corrected chi connectivity index (χ1v) is 1.95. The van der Waals surface area contributed by atoms with E-state index in [1.807, 2.05) is 0 Å². The molecule has 4 heavy (non-hydrogen) atoms. The van der Waals surface area contributed by atoms with E-state index in [9.17, 15) is 0 Å². The van der Waals surface area contributed by atoms with E-state index in [1.165, 1.54) is 0 Å². The van der Waals surface area contributed by atoms with E-state index < -0.39 is 0 Å². The fourth-order valence-corrected chi connectivity index (χ4v) is 0. The lowest BCUT2D eigenvalue weighted by Crippen LogP contribution is -1.38. The van der Waals surface area contributed by atoms with E-state index in [0.717, 1.165) is 0 Å². The molecule has 24 valence electrons. The molecule has 0 aromatic rings. The van der Waals surface area contributed by atoms with Crippen LogP contribution < -0.4 is 0 Å². The first kappa shape index (κ1) is 1.51. The Kier molecular flexibility index (Phi) is 1.17. The smallest absolute Gasteiger partial charge is 0.192 e. The molecule has 1 N–H and O–H groups in total. The Balaban J connectivity index is 3.03. The molecule has 0 saturated heterocycles. The van der Waals surface area contributed by atoms with Crippen molar-refractivity contribution in [3.8, 4) is 0 Å². The molecule has 2 heteroatoms. The van der Waals surface area contributed by atoms with Crippen molar-refractivity contribution in [1.82, 2.24) is 0 Å². The van der Waals surface area contributed by atoms with Gasteiger partial charge in [0.15, 0.2) is 1.41 Å². The minimum Gasteiger partial charge on any atom is -0.284 e. The predicted molar refractivity (Wildman–Crippen MR) is 20.2 cm³/mol. The van der Waals surface area contributed by atoms with Gasteiger partial charge in [0, 0.05) is 7.51 Å². The molecular weight excluding hydrogens is 69.0 g/mol. The lowest BCUT2D eigenvalue weighted by molar-refractivity contribution is 1.49. The maximum atomic E-state index is 6.75. The fraction of sp³-hybridized carbons (Fsp3) is 1.00. The van der Waals surface area contributed by atoms with Gasteiger partial charge in [-0.3, -0.25) is 5.15 Å². The minimum absolute atomic E-state index is 0.234. The van der Waals surface area contributed by atoms with Crippen LogP contribution in [0.4, 0.5) is 0 Å². The Hall–Kier alpha value is 0.100. The molecule has 0 aliphatic rings. The number of nitrogens with one attached hydrogen (secondary N) is 1. The van der Waals surface area contributed by atoms with Crippen molar-refractivity contribution in [3.05, 3.63) is 0 Å². The molecule has 0 rings (SSSR count). The molecule has 0 amide bonds. The van der Waals surface area contributed by atoms with Gasteiger partial charge in [0.25, 0.3) is 0 Å². The number of rotatable bonds is 1. The Bertz CT molecular complexity index is 53.5. The molecule has 0 spiro atoms. The Labute approximate surface area is 30.6 Å². The van der Waals surface area contributed by atoms with Crippen LogP contribution in [0.1, 0.15) is 8.29 Å². The van der Waals surface area contributed by atoms with Crippen molar-refractivity contribution in [3.63, 3.8) is 0 Å². The van der Waals surface area contributed by atoms with Gasteiger partial charge in [-0.05, 0) is 8.37 Å². The van der Waals surface area contributed by atoms with Crippen LogP contribution in [-0.2, 0) is 0 Å². The van der Waals surface area contributed by atoms with Crippen LogP contribution >= 0.6 is 8.37 Å². The fourth-order valence-electron chi connectivity index (χ4n) is 0. The highest BCUT2D eigenvalue weighted by Crippen LogP contribution is 1.84. The minimum atomic E-state index is -0.234. The van der Waals surface area contributed by atoms with E-state index in [2.05, 4.69) is 5.15 Å². The molecular formula is C2H6NP. The zero-order valence-corrected chi connectivity index (χ0v) is 3.37. The van der Waals surface area contributed by atoms with Gasteiger partial charge in [-0.2, -0.15) is 0 Å². The monoisotopic (exact) mass is 78.0 g/mol. The van der Waals surface area contributed by atoms with Crippen molar-refractivity contribution in [2.45, 2.75) is 6.92 Å². The molecule has 0 aromatic carbocycles. The summed E-state index contributed by atoms with van der Waals surface area (Å²) in [6.45, 7) is 1.69. The third-order valence-electron chi connectivity index (χ3n) is 0.115. The van der Waals surface area contributed by atoms with Crippen LogP contribution in [0.15, 0.2) is 0 Å². The van der Waals surface area contributed by atoms with Gasteiger partial charge in [0.2, 0.25) is 0 Å². The highest BCUT2D eigenvalue weighted by molar-refractivity contribution is 7.24. The van der Waals surface area contributed by atoms with Crippen LogP contribution in [0.3, 0.4) is 0 Å². The molecule has 1 atom stereocenters. The first-order chi connectivity index (χ1) is 2.77. The number of hydrogen-bond acceptors (Lipinski definition) is 1. The van der Waals surface area contributed by atoms with Crippen LogP contribution in [0.5, 0.6) is 0 Å². The summed E-state index contributed by atoms with van der Waals surface area (Å²) in [6.07, 6.45) is -0.234. The molecule has 0 bridgehead atoms. The Morgan fingerprint density at radius 1 is 3.00 bits per heavy atom. The zero-order chi connectivity index (χ0) is 4.99. The number of hydrogen-bond donors (Lipinski definition) is 1. The average molecular weight is 78.1 g/mol.